The van der Waals surface area contributed by atoms with Crippen LogP contribution in [0.5, 0.6) is 0 Å². The number of carbonyl (C=O) groups is 1. The van der Waals surface area contributed by atoms with Gasteiger partial charge in [-0.15, -0.1) is 16.4 Å². The number of halogens is 1. The number of nitrogens with zero attached hydrogens (tertiary/aromatic N) is 3. The van der Waals surface area contributed by atoms with E-state index in [0.29, 0.717) is 5.92 Å². The molecule has 26 heavy (non-hydrogen) atoms. The van der Waals surface area contributed by atoms with Gasteiger partial charge in [-0.2, -0.15) is 0 Å². The largest absolute Gasteiger partial charge is 0.392 e. The maximum Gasteiger partial charge on any atom is 0.330 e. The first-order valence-corrected chi connectivity index (χ1v) is 11.1. The summed E-state index contributed by atoms with van der Waals surface area (Å²) in [4.78, 5) is 27.8. The van der Waals surface area contributed by atoms with Crippen LogP contribution in [0.25, 0.3) is 0 Å². The molecular formula is C18H26BrN3O3S. The van der Waals surface area contributed by atoms with Crippen LogP contribution in [-0.2, 0) is 14.5 Å². The summed E-state index contributed by atoms with van der Waals surface area (Å²) >= 11 is 5.14. The Hall–Kier alpha value is -0.990. The van der Waals surface area contributed by atoms with Crippen molar-refractivity contribution in [3.8, 4) is 0 Å². The van der Waals surface area contributed by atoms with Crippen LogP contribution >= 0.6 is 27.3 Å². The van der Waals surface area contributed by atoms with Gasteiger partial charge in [0.2, 0.25) is 0 Å². The molecule has 6 nitrogen and oxygen atoms in total. The van der Waals surface area contributed by atoms with Crippen LogP contribution in [0.15, 0.2) is 10.5 Å². The molecule has 1 unspecified atom stereocenters. The van der Waals surface area contributed by atoms with Gasteiger partial charge in [0, 0.05) is 36.1 Å². The minimum Gasteiger partial charge on any atom is -0.392 e. The number of thiazole rings is 1. The molecule has 3 heterocycles. The van der Waals surface area contributed by atoms with Gasteiger partial charge in [0.1, 0.15) is 11.8 Å². The van der Waals surface area contributed by atoms with E-state index in [0.717, 1.165) is 60.5 Å². The summed E-state index contributed by atoms with van der Waals surface area (Å²) in [7, 11) is 0. The van der Waals surface area contributed by atoms with Gasteiger partial charge in [0.15, 0.2) is 0 Å². The highest BCUT2D eigenvalue weighted by Gasteiger charge is 2.30. The SMILES string of the molecule is CC(C)(C)C(=O)ON1CCC(c2nc(C3=NOC(CCBr)C3)cs2)CC1. The molecule has 3 rings (SSSR count). The quantitative estimate of drug-likeness (QED) is 0.640. The molecule has 1 aromatic heterocycles. The Morgan fingerprint density at radius 2 is 2.15 bits per heavy atom. The summed E-state index contributed by atoms with van der Waals surface area (Å²) in [5.74, 6) is 0.240. The van der Waals surface area contributed by atoms with E-state index < -0.39 is 5.41 Å². The van der Waals surface area contributed by atoms with Crippen LogP contribution in [0.1, 0.15) is 63.1 Å². The van der Waals surface area contributed by atoms with E-state index in [4.69, 9.17) is 14.7 Å². The number of piperidine rings is 1. The lowest BCUT2D eigenvalue weighted by Gasteiger charge is -2.31. The van der Waals surface area contributed by atoms with E-state index in [2.05, 4.69) is 26.5 Å². The molecule has 0 radical (unpaired) electrons. The number of hydroxylamine groups is 2. The third-order valence-corrected chi connectivity index (χ3v) is 6.07. The lowest BCUT2D eigenvalue weighted by molar-refractivity contribution is -0.204. The minimum atomic E-state index is -0.474. The summed E-state index contributed by atoms with van der Waals surface area (Å²) < 4.78 is 0. The van der Waals surface area contributed by atoms with Crippen LogP contribution in [0.4, 0.5) is 0 Å². The lowest BCUT2D eigenvalue weighted by Crippen LogP contribution is -2.38. The summed E-state index contributed by atoms with van der Waals surface area (Å²) in [6.45, 7) is 7.11. The van der Waals surface area contributed by atoms with Crippen molar-refractivity contribution in [3.63, 3.8) is 0 Å². The molecule has 1 fully saturated rings. The van der Waals surface area contributed by atoms with Crippen LogP contribution < -0.4 is 0 Å². The molecule has 1 aromatic rings. The third kappa shape index (κ3) is 4.84. The normalized spacial score (nSPS) is 22.2. The molecule has 2 aliphatic heterocycles. The van der Waals surface area contributed by atoms with E-state index in [1.165, 1.54) is 0 Å². The van der Waals surface area contributed by atoms with Gasteiger partial charge >= 0.3 is 5.97 Å². The predicted octanol–water partition coefficient (Wildman–Crippen LogP) is 4.10. The molecule has 0 saturated carbocycles. The molecule has 0 amide bonds. The average Bonchev–Trinajstić information content (AvgIpc) is 3.24. The lowest BCUT2D eigenvalue weighted by atomic mass is 9.97. The second kappa shape index (κ2) is 8.35. The van der Waals surface area contributed by atoms with E-state index in [1.54, 1.807) is 16.4 Å². The van der Waals surface area contributed by atoms with Crippen molar-refractivity contribution in [2.75, 3.05) is 18.4 Å². The standard InChI is InChI=1S/C18H26BrN3O3S/c1-18(2,3)17(23)25-22-8-5-12(6-9-22)16-20-15(11-26-16)14-10-13(4-7-19)24-21-14/h11-13H,4-10H2,1-3H3. The fourth-order valence-electron chi connectivity index (χ4n) is 2.91. The fraction of sp³-hybridized carbons (Fsp3) is 0.722. The zero-order valence-electron chi connectivity index (χ0n) is 15.5. The molecule has 144 valence electrons. The highest BCUT2D eigenvalue weighted by atomic mass is 79.9. The first-order valence-electron chi connectivity index (χ1n) is 9.08. The number of hydrogen-bond acceptors (Lipinski definition) is 7. The third-order valence-electron chi connectivity index (χ3n) is 4.61. The number of rotatable bonds is 5. The monoisotopic (exact) mass is 443 g/mol. The topological polar surface area (TPSA) is 64.0 Å². The van der Waals surface area contributed by atoms with Gasteiger partial charge in [-0.3, -0.25) is 0 Å². The Bertz CT molecular complexity index is 663. The number of oxime groups is 1. The number of alkyl halides is 1. The van der Waals surface area contributed by atoms with Crippen molar-refractivity contribution in [2.45, 2.75) is 58.5 Å². The van der Waals surface area contributed by atoms with E-state index in [9.17, 15) is 4.79 Å². The first kappa shape index (κ1) is 19.8. The first-order chi connectivity index (χ1) is 12.4. The van der Waals surface area contributed by atoms with Gasteiger partial charge in [-0.1, -0.05) is 21.1 Å². The van der Waals surface area contributed by atoms with Crippen LogP contribution in [0.3, 0.4) is 0 Å². The van der Waals surface area contributed by atoms with Gasteiger partial charge in [-0.25, -0.2) is 9.78 Å². The van der Waals surface area contributed by atoms with Crippen molar-refractivity contribution >= 4 is 38.9 Å². The molecular weight excluding hydrogens is 418 g/mol. The minimum absolute atomic E-state index is 0.162. The van der Waals surface area contributed by atoms with Crippen molar-refractivity contribution in [1.82, 2.24) is 10.0 Å². The molecule has 8 heteroatoms. The number of carbonyl (C=O) groups excluding carboxylic acids is 1. The summed E-state index contributed by atoms with van der Waals surface area (Å²) in [5.41, 5.74) is 1.43. The molecule has 0 aromatic carbocycles. The van der Waals surface area contributed by atoms with Crippen molar-refractivity contribution in [2.24, 2.45) is 10.6 Å². The van der Waals surface area contributed by atoms with Crippen molar-refractivity contribution in [1.29, 1.82) is 0 Å². The molecule has 0 aliphatic carbocycles. The van der Waals surface area contributed by atoms with E-state index in [-0.39, 0.29) is 12.1 Å². The predicted molar refractivity (Wildman–Crippen MR) is 106 cm³/mol. The molecule has 1 saturated heterocycles. The Morgan fingerprint density at radius 1 is 1.42 bits per heavy atom. The maximum atomic E-state index is 12.0. The molecule has 1 atom stereocenters. The van der Waals surface area contributed by atoms with Gasteiger partial charge < -0.3 is 9.68 Å². The van der Waals surface area contributed by atoms with E-state index in [1.807, 2.05) is 20.8 Å². The maximum absolute atomic E-state index is 12.0. The van der Waals surface area contributed by atoms with Crippen molar-refractivity contribution in [3.05, 3.63) is 16.1 Å². The Kier molecular flexibility index (Phi) is 6.35. The summed E-state index contributed by atoms with van der Waals surface area (Å²) in [5, 5.41) is 10.1. The average molecular weight is 444 g/mol. The van der Waals surface area contributed by atoms with Gasteiger partial charge in [-0.05, 0) is 40.0 Å². The zero-order valence-corrected chi connectivity index (χ0v) is 17.9. The Labute approximate surface area is 167 Å². The second-order valence-corrected chi connectivity index (χ2v) is 9.53. The van der Waals surface area contributed by atoms with Crippen LogP contribution in [0, 0.1) is 5.41 Å². The van der Waals surface area contributed by atoms with Crippen LogP contribution in [-0.4, -0.2) is 46.3 Å². The molecule has 0 spiro atoms. The van der Waals surface area contributed by atoms with Crippen molar-refractivity contribution < 1.29 is 14.5 Å². The Balaban J connectivity index is 1.51. The summed E-state index contributed by atoms with van der Waals surface area (Å²) in [6.07, 6.45) is 3.83. The smallest absolute Gasteiger partial charge is 0.330 e. The fourth-order valence-corrected chi connectivity index (χ4v) is 4.42. The van der Waals surface area contributed by atoms with Crippen LogP contribution in [0.2, 0.25) is 0 Å². The second-order valence-electron chi connectivity index (χ2n) is 7.85. The molecule has 2 aliphatic rings. The highest BCUT2D eigenvalue weighted by molar-refractivity contribution is 9.09. The Morgan fingerprint density at radius 3 is 2.81 bits per heavy atom. The van der Waals surface area contributed by atoms with Gasteiger partial charge in [0.05, 0.1) is 16.1 Å². The van der Waals surface area contributed by atoms with Gasteiger partial charge in [0.25, 0.3) is 0 Å². The molecule has 0 bridgehead atoms. The zero-order chi connectivity index (χ0) is 18.7. The highest BCUT2D eigenvalue weighted by Crippen LogP contribution is 2.32. The molecule has 0 N–H and O–H groups in total. The number of hydrogen-bond donors (Lipinski definition) is 0. The summed E-state index contributed by atoms with van der Waals surface area (Å²) in [6, 6.07) is 0. The number of aromatic nitrogens is 1. The van der Waals surface area contributed by atoms with E-state index >= 15 is 0 Å².